The number of carbonyl (C=O) groups excluding carboxylic acids is 3. The molecule has 0 atom stereocenters. The fraction of sp³-hybridized carbons (Fsp3) is 0.400. The molecule has 0 aromatic heterocycles. The second kappa shape index (κ2) is 6.88. The molecule has 1 aromatic carbocycles. The van der Waals surface area contributed by atoms with Crippen molar-refractivity contribution in [2.75, 3.05) is 19.0 Å². The molecule has 21 heavy (non-hydrogen) atoms. The van der Waals surface area contributed by atoms with Crippen LogP contribution in [-0.4, -0.2) is 31.4 Å². The molecule has 1 fully saturated rings. The van der Waals surface area contributed by atoms with E-state index in [-0.39, 0.29) is 24.3 Å². The van der Waals surface area contributed by atoms with Crippen molar-refractivity contribution in [3.63, 3.8) is 0 Å². The predicted molar refractivity (Wildman–Crippen MR) is 76.8 cm³/mol. The van der Waals surface area contributed by atoms with Crippen molar-refractivity contribution in [1.82, 2.24) is 5.32 Å². The fourth-order valence-corrected chi connectivity index (χ4v) is 2.03. The molecule has 1 aliphatic rings. The van der Waals surface area contributed by atoms with Crippen LogP contribution in [0.15, 0.2) is 24.3 Å². The minimum absolute atomic E-state index is 0.0560. The summed E-state index contributed by atoms with van der Waals surface area (Å²) in [6.45, 7) is -0.0716. The van der Waals surface area contributed by atoms with Crippen molar-refractivity contribution in [2.45, 2.75) is 19.3 Å². The summed E-state index contributed by atoms with van der Waals surface area (Å²) in [5, 5.41) is 5.24. The molecule has 0 radical (unpaired) electrons. The lowest BCUT2D eigenvalue weighted by Gasteiger charge is -2.23. The molecule has 6 heteroatoms. The molecule has 2 N–H and O–H groups in total. The Morgan fingerprint density at radius 1 is 1.29 bits per heavy atom. The number of carbonyl (C=O) groups is 3. The minimum Gasteiger partial charge on any atom is -0.465 e. The maximum atomic E-state index is 11.8. The summed E-state index contributed by atoms with van der Waals surface area (Å²) >= 11 is 0. The Labute approximate surface area is 122 Å². The number of nitrogens with one attached hydrogen (secondary N) is 2. The molecule has 1 aromatic rings. The number of rotatable bonds is 5. The van der Waals surface area contributed by atoms with E-state index >= 15 is 0 Å². The molecule has 2 amide bonds. The second-order valence-electron chi connectivity index (χ2n) is 4.97. The van der Waals surface area contributed by atoms with E-state index in [2.05, 4.69) is 15.4 Å². The molecule has 0 heterocycles. The Balaban J connectivity index is 1.84. The van der Waals surface area contributed by atoms with E-state index < -0.39 is 5.97 Å². The molecular weight excluding hydrogens is 272 g/mol. The van der Waals surface area contributed by atoms with Gasteiger partial charge in [0.2, 0.25) is 11.8 Å². The molecular formula is C15H18N2O4. The first-order chi connectivity index (χ1) is 10.1. The lowest BCUT2D eigenvalue weighted by atomic mass is 9.85. The first kappa shape index (κ1) is 15.0. The number of benzene rings is 1. The van der Waals surface area contributed by atoms with E-state index in [1.807, 2.05) is 0 Å². The van der Waals surface area contributed by atoms with E-state index in [0.717, 1.165) is 19.3 Å². The van der Waals surface area contributed by atoms with Crippen LogP contribution in [0.25, 0.3) is 0 Å². The summed E-state index contributed by atoms with van der Waals surface area (Å²) in [7, 11) is 1.30. The molecule has 6 nitrogen and oxygen atoms in total. The normalized spacial score (nSPS) is 14.0. The summed E-state index contributed by atoms with van der Waals surface area (Å²) in [5.74, 6) is -0.811. The molecule has 0 spiro atoms. The van der Waals surface area contributed by atoms with Crippen LogP contribution in [0.1, 0.15) is 29.6 Å². The fourth-order valence-electron chi connectivity index (χ4n) is 2.03. The number of ether oxygens (including phenoxy) is 1. The van der Waals surface area contributed by atoms with Gasteiger partial charge in [0, 0.05) is 11.6 Å². The van der Waals surface area contributed by atoms with Crippen molar-refractivity contribution in [1.29, 1.82) is 0 Å². The van der Waals surface area contributed by atoms with Gasteiger partial charge in [-0.15, -0.1) is 0 Å². The third-order valence-electron chi connectivity index (χ3n) is 3.47. The van der Waals surface area contributed by atoms with Crippen LogP contribution in [-0.2, 0) is 14.3 Å². The number of hydrogen-bond donors (Lipinski definition) is 2. The predicted octanol–water partition coefficient (Wildman–Crippen LogP) is 1.33. The number of esters is 1. The Morgan fingerprint density at radius 3 is 2.67 bits per heavy atom. The third kappa shape index (κ3) is 4.05. The van der Waals surface area contributed by atoms with E-state index in [9.17, 15) is 14.4 Å². The lowest BCUT2D eigenvalue weighted by Crippen LogP contribution is -2.39. The number of methoxy groups -OCH3 is 1. The van der Waals surface area contributed by atoms with E-state index in [4.69, 9.17) is 0 Å². The summed E-state index contributed by atoms with van der Waals surface area (Å²) in [6, 6.07) is 6.43. The first-order valence-electron chi connectivity index (χ1n) is 6.86. The number of amides is 2. The van der Waals surface area contributed by atoms with Crippen molar-refractivity contribution in [2.24, 2.45) is 5.92 Å². The van der Waals surface area contributed by atoms with Crippen LogP contribution >= 0.6 is 0 Å². The largest absolute Gasteiger partial charge is 0.465 e. The van der Waals surface area contributed by atoms with Gasteiger partial charge in [0.1, 0.15) is 0 Å². The van der Waals surface area contributed by atoms with Gasteiger partial charge < -0.3 is 15.4 Å². The first-order valence-corrected chi connectivity index (χ1v) is 6.86. The molecule has 112 valence electrons. The van der Waals surface area contributed by atoms with Gasteiger partial charge in [0.25, 0.3) is 0 Å². The average Bonchev–Trinajstić information content (AvgIpc) is 2.42. The number of anilines is 1. The average molecular weight is 290 g/mol. The maximum Gasteiger partial charge on any atom is 0.337 e. The van der Waals surface area contributed by atoms with Gasteiger partial charge in [-0.25, -0.2) is 4.79 Å². The van der Waals surface area contributed by atoms with Gasteiger partial charge in [-0.2, -0.15) is 0 Å². The molecule has 1 saturated carbocycles. The van der Waals surface area contributed by atoms with Crippen molar-refractivity contribution < 1.29 is 19.1 Å². The minimum atomic E-state index is -0.468. The van der Waals surface area contributed by atoms with Crippen LogP contribution < -0.4 is 10.6 Å². The SMILES string of the molecule is COC(=O)c1cccc(NC(=O)CNC(=O)C2CCC2)c1. The van der Waals surface area contributed by atoms with Crippen LogP contribution in [0.5, 0.6) is 0 Å². The van der Waals surface area contributed by atoms with Gasteiger partial charge in [0.05, 0.1) is 19.2 Å². The summed E-state index contributed by atoms with van der Waals surface area (Å²) in [4.78, 5) is 34.8. The second-order valence-corrected chi connectivity index (χ2v) is 4.97. The third-order valence-corrected chi connectivity index (χ3v) is 3.47. The lowest BCUT2D eigenvalue weighted by molar-refractivity contribution is -0.129. The van der Waals surface area contributed by atoms with Crippen LogP contribution in [0.2, 0.25) is 0 Å². The summed E-state index contributed by atoms with van der Waals surface area (Å²) < 4.78 is 4.61. The zero-order valence-corrected chi connectivity index (χ0v) is 11.8. The maximum absolute atomic E-state index is 11.8. The van der Waals surface area contributed by atoms with Gasteiger partial charge in [-0.1, -0.05) is 12.5 Å². The molecule has 0 aliphatic heterocycles. The topological polar surface area (TPSA) is 84.5 Å². The molecule has 0 bridgehead atoms. The summed E-state index contributed by atoms with van der Waals surface area (Å²) in [6.07, 6.45) is 2.87. The van der Waals surface area contributed by atoms with Crippen LogP contribution in [0.4, 0.5) is 5.69 Å². The zero-order valence-electron chi connectivity index (χ0n) is 11.8. The van der Waals surface area contributed by atoms with Crippen molar-refractivity contribution in [3.05, 3.63) is 29.8 Å². The van der Waals surface area contributed by atoms with Crippen LogP contribution in [0, 0.1) is 5.92 Å². The van der Waals surface area contributed by atoms with E-state index in [0.29, 0.717) is 11.3 Å². The Kier molecular flexibility index (Phi) is 4.92. The van der Waals surface area contributed by atoms with E-state index in [1.54, 1.807) is 18.2 Å². The molecule has 0 saturated heterocycles. The van der Waals surface area contributed by atoms with Crippen LogP contribution in [0.3, 0.4) is 0 Å². The highest BCUT2D eigenvalue weighted by Crippen LogP contribution is 2.26. The Hall–Kier alpha value is -2.37. The highest BCUT2D eigenvalue weighted by molar-refractivity contribution is 5.96. The number of hydrogen-bond acceptors (Lipinski definition) is 4. The van der Waals surface area contributed by atoms with Gasteiger partial charge in [-0.05, 0) is 31.0 Å². The zero-order chi connectivity index (χ0) is 15.2. The standard InChI is InChI=1S/C15H18N2O4/c1-21-15(20)11-6-3-7-12(8-11)17-13(18)9-16-14(19)10-4-2-5-10/h3,6-8,10H,2,4-5,9H2,1H3,(H,16,19)(H,17,18). The highest BCUT2D eigenvalue weighted by atomic mass is 16.5. The van der Waals surface area contributed by atoms with Gasteiger partial charge in [-0.3, -0.25) is 9.59 Å². The molecule has 1 aliphatic carbocycles. The molecule has 0 unspecified atom stereocenters. The summed E-state index contributed by atoms with van der Waals surface area (Å²) in [5.41, 5.74) is 0.842. The quantitative estimate of drug-likeness (QED) is 0.801. The monoisotopic (exact) mass is 290 g/mol. The van der Waals surface area contributed by atoms with Crippen molar-refractivity contribution >= 4 is 23.5 Å². The van der Waals surface area contributed by atoms with E-state index in [1.165, 1.54) is 13.2 Å². The van der Waals surface area contributed by atoms with Crippen molar-refractivity contribution in [3.8, 4) is 0 Å². The highest BCUT2D eigenvalue weighted by Gasteiger charge is 2.25. The Bertz CT molecular complexity index is 552. The Morgan fingerprint density at radius 2 is 2.05 bits per heavy atom. The molecule has 2 rings (SSSR count). The van der Waals surface area contributed by atoms with Gasteiger partial charge in [0.15, 0.2) is 0 Å². The van der Waals surface area contributed by atoms with Gasteiger partial charge >= 0.3 is 5.97 Å². The smallest absolute Gasteiger partial charge is 0.337 e.